The van der Waals surface area contributed by atoms with Crippen LogP contribution in [-0.2, 0) is 37.9 Å². The molecule has 0 spiro atoms. The van der Waals surface area contributed by atoms with Crippen LogP contribution < -0.4 is 40.7 Å². The van der Waals surface area contributed by atoms with Crippen LogP contribution in [0.15, 0.2) is 79.4 Å². The summed E-state index contributed by atoms with van der Waals surface area (Å²) >= 11 is 13.0. The van der Waals surface area contributed by atoms with Crippen molar-refractivity contribution in [1.82, 2.24) is 9.47 Å². The Morgan fingerprint density at radius 2 is 1.74 bits per heavy atom. The van der Waals surface area contributed by atoms with E-state index in [1.54, 1.807) is 25.1 Å². The van der Waals surface area contributed by atoms with E-state index in [0.717, 1.165) is 43.2 Å². The number of piperazine rings is 1. The fourth-order valence-electron chi connectivity index (χ4n) is 6.10. The second kappa shape index (κ2) is 16.5. The second-order valence-electron chi connectivity index (χ2n) is 12.1. The Balaban J connectivity index is 0.00000486. The molecular weight excluding hydrogens is 751 g/mol. The number of esters is 1. The van der Waals surface area contributed by atoms with Gasteiger partial charge in [-0.05, 0) is 54.1 Å². The van der Waals surface area contributed by atoms with Gasteiger partial charge < -0.3 is 50.5 Å². The number of hydrogen-bond donors (Lipinski definition) is 0. The van der Waals surface area contributed by atoms with E-state index in [1.807, 2.05) is 75.2 Å². The number of carbonyl (C=O) groups is 2. The third-order valence-corrected chi connectivity index (χ3v) is 9.10. The summed E-state index contributed by atoms with van der Waals surface area (Å²) in [5.41, 5.74) is 2.72. The smallest absolute Gasteiger partial charge is 0.308 e. The van der Waals surface area contributed by atoms with E-state index in [1.165, 1.54) is 14.0 Å². The van der Waals surface area contributed by atoms with Crippen molar-refractivity contribution in [2.45, 2.75) is 38.8 Å². The molecule has 2 aliphatic rings. The van der Waals surface area contributed by atoms with Crippen LogP contribution in [0.4, 0.5) is 5.69 Å². The number of carbonyl (C=O) groups excluding carboxylic acids is 2. The number of amides is 1. The monoisotopic (exact) mass is 788 g/mol. The van der Waals surface area contributed by atoms with Crippen molar-refractivity contribution in [3.05, 3.63) is 101 Å². The van der Waals surface area contributed by atoms with E-state index in [0.29, 0.717) is 46.8 Å². The summed E-state index contributed by atoms with van der Waals surface area (Å²) in [6.45, 7) is 7.43. The number of hydrogen-bond acceptors (Lipinski definition) is 8. The molecule has 11 nitrogen and oxygen atoms in total. The summed E-state index contributed by atoms with van der Waals surface area (Å²) in [6.07, 6.45) is 5.48. The lowest BCUT2D eigenvalue weighted by Crippen LogP contribution is -3.00. The fraction of sp³-hybridized carbons (Fsp3) is 0.361. The molecule has 2 fully saturated rings. The molecule has 3 aromatic carbocycles. The van der Waals surface area contributed by atoms with Crippen LogP contribution in [-0.4, -0.2) is 74.0 Å². The average molecular weight is 791 g/mol. The van der Waals surface area contributed by atoms with Crippen LogP contribution in [0.1, 0.15) is 25.0 Å². The third kappa shape index (κ3) is 8.91. The minimum absolute atomic E-state index is 0. The Morgan fingerprint density at radius 3 is 2.42 bits per heavy atom. The minimum Gasteiger partial charge on any atom is -1.00 e. The van der Waals surface area contributed by atoms with Gasteiger partial charge in [0.2, 0.25) is 18.0 Å². The van der Waals surface area contributed by atoms with Gasteiger partial charge in [0, 0.05) is 56.3 Å². The molecule has 0 unspecified atom stereocenters. The summed E-state index contributed by atoms with van der Waals surface area (Å²) in [6, 6.07) is 18.7. The van der Waals surface area contributed by atoms with Crippen LogP contribution in [0.5, 0.6) is 17.2 Å². The molecule has 2 saturated heterocycles. The van der Waals surface area contributed by atoms with E-state index < -0.39 is 11.8 Å². The number of nitrogens with zero attached hydrogens (tertiary/aromatic N) is 4. The zero-order chi connectivity index (χ0) is 34.5. The predicted molar refractivity (Wildman–Crippen MR) is 183 cm³/mol. The molecule has 266 valence electrons. The van der Waals surface area contributed by atoms with Crippen molar-refractivity contribution in [2.24, 2.45) is 0 Å². The van der Waals surface area contributed by atoms with E-state index in [2.05, 4.69) is 4.90 Å². The molecule has 3 heterocycles. The molecule has 6 rings (SSSR count). The number of halogens is 3. The van der Waals surface area contributed by atoms with Gasteiger partial charge >= 0.3 is 5.97 Å². The molecule has 50 heavy (non-hydrogen) atoms. The van der Waals surface area contributed by atoms with Crippen molar-refractivity contribution < 1.29 is 54.8 Å². The second-order valence-corrected chi connectivity index (χ2v) is 12.9. The molecule has 2 atom stereocenters. The molecule has 1 aromatic heterocycles. The highest BCUT2D eigenvalue weighted by Gasteiger charge is 2.47. The number of benzene rings is 3. The van der Waals surface area contributed by atoms with Gasteiger partial charge in [0.15, 0.2) is 11.5 Å². The van der Waals surface area contributed by atoms with Crippen molar-refractivity contribution in [3.8, 4) is 17.2 Å². The molecule has 2 aliphatic heterocycles. The Morgan fingerprint density at radius 1 is 0.980 bits per heavy atom. The van der Waals surface area contributed by atoms with Gasteiger partial charge in [-0.1, -0.05) is 35.3 Å². The Labute approximate surface area is 311 Å². The number of methoxy groups -OCH3 is 1. The quantitative estimate of drug-likeness (QED) is 0.130. The number of ether oxygens (including phenoxy) is 5. The molecule has 4 aromatic rings. The standard InChI is InChI=1S/C36H39Cl2N4O7.BrH/c1-25(43)41-14-16-42(17-15-41)29-6-8-30(9-7-29)46-21-31-22-47-36(49-31,32-10-5-28(37)19-33(32)38)23-40-13-12-39(24-40)20-27-4-11-34(48-26(2)44)35(18-27)45-3;/h4-13,18-19,24,31H,14-17,20-23H2,1-3H3;1H/q+1;/p-1/t31-,36-;/m0./s1. The minimum atomic E-state index is -1.19. The summed E-state index contributed by atoms with van der Waals surface area (Å²) in [5.74, 6) is 0.0847. The van der Waals surface area contributed by atoms with Gasteiger partial charge in [0.1, 0.15) is 43.9 Å². The maximum atomic E-state index is 11.7. The molecular formula is C36H39BrCl2N4O7. The first-order chi connectivity index (χ1) is 23.6. The zero-order valence-corrected chi connectivity index (χ0v) is 31.1. The maximum absolute atomic E-state index is 11.7. The molecule has 0 radical (unpaired) electrons. The molecule has 1 amide bonds. The van der Waals surface area contributed by atoms with Crippen LogP contribution >= 0.6 is 23.2 Å². The lowest BCUT2D eigenvalue weighted by Gasteiger charge is -2.35. The van der Waals surface area contributed by atoms with Gasteiger partial charge in [-0.25, -0.2) is 9.13 Å². The van der Waals surface area contributed by atoms with Crippen molar-refractivity contribution in [1.29, 1.82) is 0 Å². The Bertz CT molecular complexity index is 1800. The fourth-order valence-corrected chi connectivity index (χ4v) is 6.66. The van der Waals surface area contributed by atoms with Crippen LogP contribution in [0.25, 0.3) is 0 Å². The highest BCUT2D eigenvalue weighted by Crippen LogP contribution is 2.40. The van der Waals surface area contributed by atoms with Crippen LogP contribution in [0.2, 0.25) is 10.0 Å². The topological polar surface area (TPSA) is 95.6 Å². The van der Waals surface area contributed by atoms with Gasteiger partial charge in [0.05, 0.1) is 18.7 Å². The third-order valence-electron chi connectivity index (χ3n) is 8.55. The maximum Gasteiger partial charge on any atom is 0.308 e. The molecule has 0 saturated carbocycles. The largest absolute Gasteiger partial charge is 1.00 e. The molecule has 0 bridgehead atoms. The molecule has 0 aliphatic carbocycles. The van der Waals surface area contributed by atoms with Gasteiger partial charge in [0.25, 0.3) is 0 Å². The van der Waals surface area contributed by atoms with Crippen molar-refractivity contribution >= 4 is 40.8 Å². The first-order valence-corrected chi connectivity index (χ1v) is 16.8. The lowest BCUT2D eigenvalue weighted by atomic mass is 10.1. The van der Waals surface area contributed by atoms with Crippen molar-refractivity contribution in [3.63, 3.8) is 0 Å². The average Bonchev–Trinajstić information content (AvgIpc) is 3.71. The zero-order valence-electron chi connectivity index (χ0n) is 28.0. The SMILES string of the molecule is COc1cc(C[n+]2ccn(C[C@]3(c4ccc(Cl)cc4Cl)OC[C@H](COc4ccc(N5CCN(C(C)=O)CC5)cc4)O3)c2)ccc1OC(C)=O.[Br-]. The first-order valence-electron chi connectivity index (χ1n) is 16.0. The highest BCUT2D eigenvalue weighted by molar-refractivity contribution is 6.35. The Hall–Kier alpha value is -3.81. The first kappa shape index (κ1) is 37.4. The predicted octanol–water partition coefficient (Wildman–Crippen LogP) is 2.08. The van der Waals surface area contributed by atoms with Gasteiger partial charge in [-0.15, -0.1) is 0 Å². The molecule has 0 N–H and O–H groups in total. The normalized spacial score (nSPS) is 18.8. The summed E-state index contributed by atoms with van der Waals surface area (Å²) in [7, 11) is 1.54. The van der Waals surface area contributed by atoms with E-state index >= 15 is 0 Å². The Kier molecular flexibility index (Phi) is 12.3. The summed E-state index contributed by atoms with van der Waals surface area (Å²) in [5, 5.41) is 0.953. The molecule has 14 heteroatoms. The summed E-state index contributed by atoms with van der Waals surface area (Å²) < 4.78 is 33.9. The number of imidazole rings is 1. The van der Waals surface area contributed by atoms with E-state index in [4.69, 9.17) is 46.9 Å². The van der Waals surface area contributed by atoms with Crippen LogP contribution in [0, 0.1) is 0 Å². The number of anilines is 1. The highest BCUT2D eigenvalue weighted by atomic mass is 79.9. The van der Waals surface area contributed by atoms with Gasteiger partial charge in [-0.2, -0.15) is 0 Å². The van der Waals surface area contributed by atoms with Crippen molar-refractivity contribution in [2.75, 3.05) is 51.4 Å². The van der Waals surface area contributed by atoms with E-state index in [-0.39, 0.29) is 35.6 Å². The van der Waals surface area contributed by atoms with Gasteiger partial charge in [-0.3, -0.25) is 9.59 Å². The summed E-state index contributed by atoms with van der Waals surface area (Å²) in [4.78, 5) is 27.2. The number of aromatic nitrogens is 2. The lowest BCUT2D eigenvalue weighted by molar-refractivity contribution is -0.688. The van der Waals surface area contributed by atoms with E-state index in [9.17, 15) is 9.59 Å². The van der Waals surface area contributed by atoms with Crippen LogP contribution in [0.3, 0.4) is 0 Å². The number of rotatable bonds is 11.